The Morgan fingerprint density at radius 2 is 1.07 bits per heavy atom. The summed E-state index contributed by atoms with van der Waals surface area (Å²) in [6.07, 6.45) is 17.1. The molecule has 2 nitrogen and oxygen atoms in total. The second-order valence-electron chi connectivity index (χ2n) is 7.47. The summed E-state index contributed by atoms with van der Waals surface area (Å²) in [5.41, 5.74) is 2.24. The molecule has 2 saturated carbocycles. The number of nitrogens with zero attached hydrogens (tertiary/aromatic N) is 2. The Bertz CT molecular complexity index is 692. The Hall–Kier alpha value is -0.197. The van der Waals surface area contributed by atoms with Crippen molar-refractivity contribution >= 4 is 60.4 Å². The maximum absolute atomic E-state index is 5.18. The monoisotopic (exact) mass is 512 g/mol. The van der Waals surface area contributed by atoms with Crippen molar-refractivity contribution in [3.05, 3.63) is 34.0 Å². The van der Waals surface area contributed by atoms with Gasteiger partial charge in [0.25, 0.3) is 0 Å². The van der Waals surface area contributed by atoms with Crippen LogP contribution in [0.4, 0.5) is 0 Å². The van der Waals surface area contributed by atoms with Gasteiger partial charge in [-0.05, 0) is 36.8 Å². The van der Waals surface area contributed by atoms with Gasteiger partial charge in [0, 0.05) is 24.5 Å². The van der Waals surface area contributed by atoms with Gasteiger partial charge >= 0.3 is 19.5 Å². The van der Waals surface area contributed by atoms with Crippen molar-refractivity contribution in [1.82, 2.24) is 0 Å². The van der Waals surface area contributed by atoms with Gasteiger partial charge < -0.3 is 47.9 Å². The summed E-state index contributed by atoms with van der Waals surface area (Å²) in [7, 11) is 0. The van der Waals surface area contributed by atoms with Crippen molar-refractivity contribution in [2.75, 3.05) is 0 Å². The molecule has 29 heavy (non-hydrogen) atoms. The molecule has 152 valence electrons. The molecular formula is C22H28N2S4Zn. The molecule has 0 aliphatic heterocycles. The van der Waals surface area contributed by atoms with Crippen LogP contribution in [0.2, 0.25) is 0 Å². The second kappa shape index (κ2) is 14.0. The molecule has 0 atom stereocenters. The van der Waals surface area contributed by atoms with E-state index < -0.39 is 0 Å². The van der Waals surface area contributed by atoms with E-state index >= 15 is 0 Å². The third-order valence-electron chi connectivity index (χ3n) is 5.32. The summed E-state index contributed by atoms with van der Waals surface area (Å²) < 4.78 is 1.93. The summed E-state index contributed by atoms with van der Waals surface area (Å²) in [5, 5.41) is 4.06. The van der Waals surface area contributed by atoms with E-state index in [4.69, 9.17) is 25.3 Å². The van der Waals surface area contributed by atoms with Gasteiger partial charge in [-0.25, -0.2) is 0 Å². The molecule has 4 rings (SSSR count). The summed E-state index contributed by atoms with van der Waals surface area (Å²) in [6.45, 7) is 0. The summed E-state index contributed by atoms with van der Waals surface area (Å²) in [6, 6.07) is 5.22. The maximum atomic E-state index is 5.18. The quantitative estimate of drug-likeness (QED) is 0.255. The van der Waals surface area contributed by atoms with E-state index in [9.17, 15) is 0 Å². The Morgan fingerprint density at radius 1 is 0.690 bits per heavy atom. The van der Waals surface area contributed by atoms with Gasteiger partial charge in [0.15, 0.2) is 0 Å². The van der Waals surface area contributed by atoms with Crippen molar-refractivity contribution in [3.8, 4) is 0 Å². The van der Waals surface area contributed by atoms with Crippen LogP contribution in [0.15, 0.2) is 41.3 Å². The molecule has 0 amide bonds. The van der Waals surface area contributed by atoms with Crippen LogP contribution in [0, 0.1) is 0 Å². The van der Waals surface area contributed by atoms with Crippen LogP contribution in [0.3, 0.4) is 0 Å². The summed E-state index contributed by atoms with van der Waals surface area (Å²) in [4.78, 5) is 9.20. The predicted octanol–water partition coefficient (Wildman–Crippen LogP) is 6.81. The van der Waals surface area contributed by atoms with E-state index in [1.807, 2.05) is 23.2 Å². The largest absolute Gasteiger partial charge is 2.00 e. The number of hydrogen-bond acceptors (Lipinski definition) is 6. The zero-order valence-corrected chi connectivity index (χ0v) is 23.2. The Kier molecular flexibility index (Phi) is 12.1. The third-order valence-corrected chi connectivity index (χ3v) is 7.81. The normalized spacial score (nSPS) is 18.5. The number of thiophene rings is 2. The van der Waals surface area contributed by atoms with E-state index in [1.54, 1.807) is 22.7 Å². The minimum Gasteiger partial charge on any atom is -0.427 e. The van der Waals surface area contributed by atoms with Gasteiger partial charge in [0.05, 0.1) is 0 Å². The molecule has 0 unspecified atom stereocenters. The molecule has 2 aromatic heterocycles. The van der Waals surface area contributed by atoms with Crippen molar-refractivity contribution < 1.29 is 19.5 Å². The molecule has 0 saturated heterocycles. The van der Waals surface area contributed by atoms with Crippen LogP contribution >= 0.6 is 22.7 Å². The fourth-order valence-electron chi connectivity index (χ4n) is 3.63. The summed E-state index contributed by atoms with van der Waals surface area (Å²) >= 11 is 13.6. The SMILES string of the molecule is [S-]c1sccc1C=NC1CCCCC1.[S-]c1sccc1C=NC1CCCCC1.[Zn+2]. The molecule has 2 heterocycles. The molecule has 2 fully saturated rings. The average Bonchev–Trinajstić information content (AvgIpc) is 3.34. The Balaban J connectivity index is 0.000000200. The van der Waals surface area contributed by atoms with E-state index in [0.717, 1.165) is 19.5 Å². The fraction of sp³-hybridized carbons (Fsp3) is 0.545. The van der Waals surface area contributed by atoms with Crippen LogP contribution < -0.4 is 0 Å². The Morgan fingerprint density at radius 3 is 1.38 bits per heavy atom. The number of rotatable bonds is 4. The first kappa shape index (κ1) is 25.1. The zero-order valence-electron chi connectivity index (χ0n) is 16.9. The van der Waals surface area contributed by atoms with Crippen LogP contribution in [-0.2, 0) is 44.7 Å². The van der Waals surface area contributed by atoms with Gasteiger partial charge in [-0.15, -0.1) is 19.2 Å². The van der Waals surface area contributed by atoms with E-state index in [0.29, 0.717) is 12.1 Å². The van der Waals surface area contributed by atoms with Crippen molar-refractivity contribution in [2.45, 2.75) is 84.7 Å². The standard InChI is InChI=1S/2C11H15NS2.Zn/c2*13-11-9(6-7-14-11)8-12-10-4-2-1-3-5-10;/h2*6-8,10,13H,1-5H2;/q;;+2/p-2. The van der Waals surface area contributed by atoms with Gasteiger partial charge in [-0.1, -0.05) is 50.7 Å². The average molecular weight is 514 g/mol. The first-order valence-electron chi connectivity index (χ1n) is 10.3. The van der Waals surface area contributed by atoms with Gasteiger partial charge in [0.1, 0.15) is 0 Å². The molecule has 2 aliphatic rings. The summed E-state index contributed by atoms with van der Waals surface area (Å²) in [5.74, 6) is 0. The third kappa shape index (κ3) is 8.82. The zero-order chi connectivity index (χ0) is 19.6. The molecule has 0 spiro atoms. The van der Waals surface area contributed by atoms with Crippen LogP contribution in [-0.4, -0.2) is 24.5 Å². The van der Waals surface area contributed by atoms with Gasteiger partial charge in [-0.3, -0.25) is 9.98 Å². The molecule has 0 radical (unpaired) electrons. The minimum atomic E-state index is 0. The smallest absolute Gasteiger partial charge is 0.427 e. The van der Waals surface area contributed by atoms with E-state index in [-0.39, 0.29) is 19.5 Å². The van der Waals surface area contributed by atoms with Crippen molar-refractivity contribution in [2.24, 2.45) is 9.98 Å². The second-order valence-corrected chi connectivity index (χ2v) is 10.6. The van der Waals surface area contributed by atoms with Gasteiger partial charge in [0.2, 0.25) is 0 Å². The van der Waals surface area contributed by atoms with E-state index in [2.05, 4.69) is 22.1 Å². The molecule has 2 aliphatic carbocycles. The molecule has 0 N–H and O–H groups in total. The van der Waals surface area contributed by atoms with Crippen molar-refractivity contribution in [3.63, 3.8) is 0 Å². The number of aliphatic imine (C=N–C) groups is 2. The van der Waals surface area contributed by atoms with Crippen LogP contribution in [0.5, 0.6) is 0 Å². The molecular weight excluding hydrogens is 486 g/mol. The first-order valence-corrected chi connectivity index (χ1v) is 12.9. The van der Waals surface area contributed by atoms with E-state index in [1.165, 1.54) is 64.2 Å². The number of hydrogen-bond donors (Lipinski definition) is 0. The molecule has 2 aromatic rings. The molecule has 0 bridgehead atoms. The molecule has 0 aromatic carbocycles. The molecule has 7 heteroatoms. The van der Waals surface area contributed by atoms with Crippen molar-refractivity contribution in [1.29, 1.82) is 0 Å². The predicted molar refractivity (Wildman–Crippen MR) is 129 cm³/mol. The maximum Gasteiger partial charge on any atom is 2.00 e. The fourth-order valence-corrected chi connectivity index (χ4v) is 5.40. The Labute approximate surface area is 207 Å². The topological polar surface area (TPSA) is 24.7 Å². The minimum absolute atomic E-state index is 0. The first-order chi connectivity index (χ1) is 13.7. The van der Waals surface area contributed by atoms with Crippen LogP contribution in [0.1, 0.15) is 75.3 Å². The van der Waals surface area contributed by atoms with Gasteiger partial charge in [-0.2, -0.15) is 0 Å². The van der Waals surface area contributed by atoms with Crippen LogP contribution in [0.25, 0.3) is 0 Å².